The molecule has 0 aromatic carbocycles. The van der Waals surface area contributed by atoms with Crippen LogP contribution >= 0.6 is 0 Å². The molecule has 0 aliphatic heterocycles. The second-order valence-corrected chi connectivity index (χ2v) is 3.29. The lowest BCUT2D eigenvalue weighted by Crippen LogP contribution is -2.18. The second-order valence-electron chi connectivity index (χ2n) is 3.29. The normalized spacial score (nSPS) is 11.7. The van der Waals surface area contributed by atoms with Crippen LogP contribution in [0, 0.1) is 6.92 Å². The van der Waals surface area contributed by atoms with Crippen molar-refractivity contribution in [1.82, 2.24) is 4.57 Å². The minimum Gasteiger partial charge on any atom is -0.477 e. The van der Waals surface area contributed by atoms with Gasteiger partial charge in [0.25, 0.3) is 0 Å². The van der Waals surface area contributed by atoms with Crippen molar-refractivity contribution in [2.75, 3.05) is 0 Å². The molecule has 0 bridgehead atoms. The van der Waals surface area contributed by atoms with Gasteiger partial charge in [-0.2, -0.15) is 0 Å². The molecule has 1 rings (SSSR count). The number of carboxylic acids is 1. The molecule has 6 nitrogen and oxygen atoms in total. The lowest BCUT2D eigenvalue weighted by Gasteiger charge is -2.05. The van der Waals surface area contributed by atoms with Crippen LogP contribution in [0.1, 0.15) is 21.7 Å². The number of nitrogens with zero attached hydrogens (tertiary/aromatic N) is 2. The lowest BCUT2D eigenvalue weighted by molar-refractivity contribution is 0.0686. The summed E-state index contributed by atoms with van der Waals surface area (Å²) in [5.74, 6) is -0.942. The molecular weight excluding hydrogens is 198 g/mol. The van der Waals surface area contributed by atoms with E-state index in [1.807, 2.05) is 0 Å². The quantitative estimate of drug-likeness (QED) is 0.290. The Balaban J connectivity index is 3.14. The van der Waals surface area contributed by atoms with E-state index in [-0.39, 0.29) is 18.0 Å². The minimum absolute atomic E-state index is 0.0521. The van der Waals surface area contributed by atoms with Crippen molar-refractivity contribution in [2.24, 2.45) is 17.9 Å². The number of nitrogens with two attached hydrogens (primary N) is 1. The van der Waals surface area contributed by atoms with Gasteiger partial charge in [0.05, 0.1) is 0 Å². The Morgan fingerprint density at radius 2 is 2.27 bits per heavy atom. The minimum atomic E-state index is -0.994. The van der Waals surface area contributed by atoms with Crippen LogP contribution in [0.4, 0.5) is 0 Å². The highest BCUT2D eigenvalue weighted by molar-refractivity contribution is 5.87. The van der Waals surface area contributed by atoms with E-state index >= 15 is 0 Å². The number of rotatable bonds is 3. The van der Waals surface area contributed by atoms with Crippen molar-refractivity contribution in [3.05, 3.63) is 23.0 Å². The van der Waals surface area contributed by atoms with Crippen LogP contribution in [-0.4, -0.2) is 26.7 Å². The summed E-state index contributed by atoms with van der Waals surface area (Å²) in [7, 11) is 1.64. The highest BCUT2D eigenvalue weighted by Gasteiger charge is 2.15. The van der Waals surface area contributed by atoms with Gasteiger partial charge in [0, 0.05) is 19.2 Å². The fraction of sp³-hybridized carbons (Fsp3) is 0.333. The van der Waals surface area contributed by atoms with Gasteiger partial charge in [0.1, 0.15) is 11.5 Å². The zero-order chi connectivity index (χ0) is 11.6. The number of aromatic carboxylic acids is 1. The molecule has 0 fully saturated rings. The number of aromatic nitrogens is 1. The first-order valence-corrected chi connectivity index (χ1v) is 4.32. The molecular formula is C9H13N3O3. The third kappa shape index (κ3) is 2.09. The maximum Gasteiger partial charge on any atom is 0.352 e. The largest absolute Gasteiger partial charge is 0.477 e. The number of hydrogen-bond donors (Lipinski definition) is 3. The van der Waals surface area contributed by atoms with Crippen molar-refractivity contribution >= 4 is 11.8 Å². The lowest BCUT2D eigenvalue weighted by atomic mass is 10.2. The number of aryl methyl sites for hydroxylation is 1. The van der Waals surface area contributed by atoms with Crippen molar-refractivity contribution in [3.8, 4) is 0 Å². The molecule has 6 heteroatoms. The van der Waals surface area contributed by atoms with Crippen LogP contribution in [0.2, 0.25) is 0 Å². The number of amidine groups is 1. The van der Waals surface area contributed by atoms with Gasteiger partial charge >= 0.3 is 5.97 Å². The molecule has 0 amide bonds. The van der Waals surface area contributed by atoms with Gasteiger partial charge in [-0.3, -0.25) is 0 Å². The van der Waals surface area contributed by atoms with Gasteiger partial charge in [-0.05, 0) is 18.6 Å². The molecule has 0 atom stereocenters. The fourth-order valence-electron chi connectivity index (χ4n) is 1.47. The Bertz CT molecular complexity index is 420. The molecule has 15 heavy (non-hydrogen) atoms. The number of carboxylic acid groups (broad SMARTS) is 1. The van der Waals surface area contributed by atoms with E-state index in [4.69, 9.17) is 16.0 Å². The van der Waals surface area contributed by atoms with Crippen molar-refractivity contribution in [1.29, 1.82) is 0 Å². The van der Waals surface area contributed by atoms with Gasteiger partial charge in [0.15, 0.2) is 0 Å². The molecule has 1 aromatic rings. The summed E-state index contributed by atoms with van der Waals surface area (Å²) >= 11 is 0. The maximum atomic E-state index is 10.8. The summed E-state index contributed by atoms with van der Waals surface area (Å²) in [6.45, 7) is 1.78. The van der Waals surface area contributed by atoms with E-state index in [1.165, 1.54) is 4.57 Å². The van der Waals surface area contributed by atoms with E-state index in [0.717, 1.165) is 11.3 Å². The van der Waals surface area contributed by atoms with Crippen molar-refractivity contribution < 1.29 is 15.1 Å². The second kappa shape index (κ2) is 4.04. The first kappa shape index (κ1) is 11.1. The third-order valence-electron chi connectivity index (χ3n) is 2.27. The summed E-state index contributed by atoms with van der Waals surface area (Å²) < 4.78 is 1.52. The van der Waals surface area contributed by atoms with Gasteiger partial charge in [0.2, 0.25) is 0 Å². The Hall–Kier alpha value is -1.98. The summed E-state index contributed by atoms with van der Waals surface area (Å²) in [5.41, 5.74) is 7.09. The van der Waals surface area contributed by atoms with Crippen LogP contribution in [0.15, 0.2) is 11.2 Å². The molecule has 0 radical (unpaired) electrons. The zero-order valence-electron chi connectivity index (χ0n) is 8.56. The summed E-state index contributed by atoms with van der Waals surface area (Å²) in [6, 6.07) is 1.56. The smallest absolute Gasteiger partial charge is 0.352 e. The summed E-state index contributed by atoms with van der Waals surface area (Å²) in [6.07, 6.45) is 0.228. The molecule has 0 spiro atoms. The molecule has 82 valence electrons. The van der Waals surface area contributed by atoms with E-state index in [2.05, 4.69) is 5.16 Å². The fourth-order valence-corrected chi connectivity index (χ4v) is 1.47. The third-order valence-corrected chi connectivity index (χ3v) is 2.27. The molecule has 0 saturated carbocycles. The average molecular weight is 211 g/mol. The van der Waals surface area contributed by atoms with Crippen LogP contribution < -0.4 is 5.73 Å². The van der Waals surface area contributed by atoms with Gasteiger partial charge in [-0.1, -0.05) is 5.16 Å². The number of oxime groups is 1. The molecule has 4 N–H and O–H groups in total. The van der Waals surface area contributed by atoms with Crippen LogP contribution in [0.25, 0.3) is 0 Å². The SMILES string of the molecule is Cc1cc(C(=O)O)n(C)c1C/C(N)=N/O. The Labute approximate surface area is 86.6 Å². The molecule has 0 unspecified atom stereocenters. The van der Waals surface area contributed by atoms with Crippen LogP contribution in [-0.2, 0) is 13.5 Å². The van der Waals surface area contributed by atoms with Gasteiger partial charge in [-0.15, -0.1) is 0 Å². The molecule has 0 aliphatic rings. The first-order chi connectivity index (χ1) is 6.97. The number of hydrogen-bond acceptors (Lipinski definition) is 3. The summed E-state index contributed by atoms with van der Waals surface area (Å²) in [5, 5.41) is 20.1. The van der Waals surface area contributed by atoms with Crippen LogP contribution in [0.5, 0.6) is 0 Å². The predicted molar refractivity (Wildman–Crippen MR) is 54.2 cm³/mol. The average Bonchev–Trinajstić information content (AvgIpc) is 2.45. The van der Waals surface area contributed by atoms with Gasteiger partial charge in [-0.25, -0.2) is 4.79 Å². The topological polar surface area (TPSA) is 101 Å². The van der Waals surface area contributed by atoms with E-state index in [9.17, 15) is 4.79 Å². The van der Waals surface area contributed by atoms with Crippen LogP contribution in [0.3, 0.4) is 0 Å². The van der Waals surface area contributed by atoms with E-state index in [0.29, 0.717) is 0 Å². The Morgan fingerprint density at radius 1 is 1.67 bits per heavy atom. The van der Waals surface area contributed by atoms with E-state index in [1.54, 1.807) is 20.0 Å². The van der Waals surface area contributed by atoms with Crippen molar-refractivity contribution in [2.45, 2.75) is 13.3 Å². The highest BCUT2D eigenvalue weighted by Crippen LogP contribution is 2.14. The zero-order valence-corrected chi connectivity index (χ0v) is 8.56. The standard InChI is InChI=1S/C9H13N3O3/c1-5-3-7(9(13)14)12(2)6(5)4-8(10)11-15/h3,15H,4H2,1-2H3,(H2,10,11)(H,13,14). The molecule has 0 aliphatic carbocycles. The first-order valence-electron chi connectivity index (χ1n) is 4.32. The highest BCUT2D eigenvalue weighted by atomic mass is 16.4. The van der Waals surface area contributed by atoms with Gasteiger partial charge < -0.3 is 20.6 Å². The molecule has 0 saturated heterocycles. The Morgan fingerprint density at radius 3 is 2.67 bits per heavy atom. The maximum absolute atomic E-state index is 10.8. The monoisotopic (exact) mass is 211 g/mol. The Kier molecular flexibility index (Phi) is 2.99. The van der Waals surface area contributed by atoms with Crippen molar-refractivity contribution in [3.63, 3.8) is 0 Å². The molecule has 1 aromatic heterocycles. The predicted octanol–water partition coefficient (Wildman–Crippen LogP) is 0.321. The number of carbonyl (C=O) groups is 1. The summed E-state index contributed by atoms with van der Waals surface area (Å²) in [4.78, 5) is 10.8. The van der Waals surface area contributed by atoms with E-state index < -0.39 is 5.97 Å². The molecule has 1 heterocycles.